The topological polar surface area (TPSA) is 76.9 Å². The molecule has 0 radical (unpaired) electrons. The number of nitrogens with one attached hydrogen (secondary N) is 1. The molecule has 3 aromatic rings. The smallest absolute Gasteiger partial charge is 0.266 e. The molecule has 0 saturated carbocycles. The van der Waals surface area contributed by atoms with E-state index >= 15 is 0 Å². The van der Waals surface area contributed by atoms with E-state index in [9.17, 15) is 9.59 Å². The highest BCUT2D eigenvalue weighted by molar-refractivity contribution is 7.15. The standard InChI is InChI=1S/C19H20N4O2S/c1-12-4-6-15(7-5-12)19(25)20-10-11-23-17(24)9-8-16(22-23)18-13(2)21-14(3)26-18/h4-9H,10-11H2,1-3H3,(H,20,25). The summed E-state index contributed by atoms with van der Waals surface area (Å²) in [7, 11) is 0. The number of aryl methyl sites for hydroxylation is 3. The Morgan fingerprint density at radius 2 is 1.85 bits per heavy atom. The summed E-state index contributed by atoms with van der Waals surface area (Å²) in [5.41, 5.74) is 3.12. The van der Waals surface area contributed by atoms with Gasteiger partial charge in [0.1, 0.15) is 5.69 Å². The second-order valence-electron chi connectivity index (χ2n) is 6.05. The van der Waals surface area contributed by atoms with Crippen molar-refractivity contribution in [1.29, 1.82) is 0 Å². The Morgan fingerprint density at radius 3 is 2.50 bits per heavy atom. The third-order valence-electron chi connectivity index (χ3n) is 3.93. The van der Waals surface area contributed by atoms with Gasteiger partial charge in [0.15, 0.2) is 0 Å². The minimum Gasteiger partial charge on any atom is -0.350 e. The fraction of sp³-hybridized carbons (Fsp3) is 0.263. The van der Waals surface area contributed by atoms with E-state index < -0.39 is 0 Å². The highest BCUT2D eigenvalue weighted by Gasteiger charge is 2.11. The average Bonchev–Trinajstić information content (AvgIpc) is 2.95. The van der Waals surface area contributed by atoms with Gasteiger partial charge in [-0.3, -0.25) is 9.59 Å². The van der Waals surface area contributed by atoms with Gasteiger partial charge < -0.3 is 5.32 Å². The lowest BCUT2D eigenvalue weighted by atomic mass is 10.1. The van der Waals surface area contributed by atoms with Gasteiger partial charge in [0.2, 0.25) is 0 Å². The molecule has 1 amide bonds. The van der Waals surface area contributed by atoms with Gasteiger partial charge in [-0.05, 0) is 39.0 Å². The highest BCUT2D eigenvalue weighted by Crippen LogP contribution is 2.27. The van der Waals surface area contributed by atoms with E-state index in [0.717, 1.165) is 26.8 Å². The van der Waals surface area contributed by atoms with E-state index in [1.54, 1.807) is 29.5 Å². The van der Waals surface area contributed by atoms with Crippen LogP contribution in [0.25, 0.3) is 10.6 Å². The third kappa shape index (κ3) is 4.05. The zero-order valence-corrected chi connectivity index (χ0v) is 15.8. The van der Waals surface area contributed by atoms with Gasteiger partial charge in [0, 0.05) is 18.2 Å². The first-order valence-electron chi connectivity index (χ1n) is 8.31. The van der Waals surface area contributed by atoms with Crippen LogP contribution >= 0.6 is 11.3 Å². The zero-order chi connectivity index (χ0) is 18.7. The summed E-state index contributed by atoms with van der Waals surface area (Å²) in [5, 5.41) is 8.20. The monoisotopic (exact) mass is 368 g/mol. The molecule has 0 aliphatic carbocycles. The molecule has 1 aromatic carbocycles. The van der Waals surface area contributed by atoms with E-state index in [-0.39, 0.29) is 11.5 Å². The SMILES string of the molecule is Cc1ccc(C(=O)NCCn2nc(-c3sc(C)nc3C)ccc2=O)cc1. The minimum absolute atomic E-state index is 0.164. The van der Waals surface area contributed by atoms with E-state index in [4.69, 9.17) is 0 Å². The molecule has 26 heavy (non-hydrogen) atoms. The molecule has 0 atom stereocenters. The van der Waals surface area contributed by atoms with Gasteiger partial charge >= 0.3 is 0 Å². The number of amides is 1. The lowest BCUT2D eigenvalue weighted by molar-refractivity contribution is 0.0951. The molecule has 0 aliphatic heterocycles. The van der Waals surface area contributed by atoms with Gasteiger partial charge in [-0.25, -0.2) is 9.67 Å². The molecule has 0 unspecified atom stereocenters. The molecule has 0 fully saturated rings. The lowest BCUT2D eigenvalue weighted by Crippen LogP contribution is -2.31. The van der Waals surface area contributed by atoms with Crippen LogP contribution in [0.15, 0.2) is 41.2 Å². The van der Waals surface area contributed by atoms with E-state index in [0.29, 0.717) is 18.7 Å². The van der Waals surface area contributed by atoms with Crippen LogP contribution in [-0.4, -0.2) is 27.2 Å². The van der Waals surface area contributed by atoms with Crippen LogP contribution in [0.4, 0.5) is 0 Å². The van der Waals surface area contributed by atoms with Crippen molar-refractivity contribution in [3.8, 4) is 10.6 Å². The Kier molecular flexibility index (Phi) is 5.27. The van der Waals surface area contributed by atoms with Crippen LogP contribution in [0.5, 0.6) is 0 Å². The lowest BCUT2D eigenvalue weighted by Gasteiger charge is -2.08. The molecule has 0 bridgehead atoms. The average molecular weight is 368 g/mol. The molecule has 1 N–H and O–H groups in total. The fourth-order valence-corrected chi connectivity index (χ4v) is 3.47. The summed E-state index contributed by atoms with van der Waals surface area (Å²) in [4.78, 5) is 29.6. The summed E-state index contributed by atoms with van der Waals surface area (Å²) < 4.78 is 1.37. The van der Waals surface area contributed by atoms with Crippen molar-refractivity contribution < 1.29 is 4.79 Å². The molecule has 7 heteroatoms. The summed E-state index contributed by atoms with van der Waals surface area (Å²) in [6.07, 6.45) is 0. The molecule has 0 saturated heterocycles. The second kappa shape index (κ2) is 7.61. The van der Waals surface area contributed by atoms with Crippen molar-refractivity contribution >= 4 is 17.2 Å². The largest absolute Gasteiger partial charge is 0.350 e. The molecular formula is C19H20N4O2S. The number of carbonyl (C=O) groups excluding carboxylic acids is 1. The first-order chi connectivity index (χ1) is 12.4. The van der Waals surface area contributed by atoms with Crippen LogP contribution in [0.3, 0.4) is 0 Å². The maximum absolute atomic E-state index is 12.1. The molecule has 0 aliphatic rings. The predicted octanol–water partition coefficient (Wildman–Crippen LogP) is 2.72. The Labute approximate surface area is 155 Å². The molecule has 2 heterocycles. The maximum atomic E-state index is 12.1. The van der Waals surface area contributed by atoms with Crippen LogP contribution in [0.1, 0.15) is 26.6 Å². The molecule has 3 rings (SSSR count). The summed E-state index contributed by atoms with van der Waals surface area (Å²) in [5.74, 6) is -0.164. The molecule has 6 nitrogen and oxygen atoms in total. The third-order valence-corrected chi connectivity index (χ3v) is 5.02. The zero-order valence-electron chi connectivity index (χ0n) is 14.9. The number of rotatable bonds is 5. The number of aromatic nitrogens is 3. The van der Waals surface area contributed by atoms with Crippen LogP contribution < -0.4 is 10.9 Å². The summed E-state index contributed by atoms with van der Waals surface area (Å²) in [6, 6.07) is 10.6. The molecular weight excluding hydrogens is 348 g/mol. The highest BCUT2D eigenvalue weighted by atomic mass is 32.1. The van der Waals surface area contributed by atoms with Gasteiger partial charge in [-0.2, -0.15) is 5.10 Å². The van der Waals surface area contributed by atoms with E-state index in [2.05, 4.69) is 15.4 Å². The maximum Gasteiger partial charge on any atom is 0.266 e. The second-order valence-corrected chi connectivity index (χ2v) is 7.25. The number of hydrogen-bond donors (Lipinski definition) is 1. The Hall–Kier alpha value is -2.80. The molecule has 2 aromatic heterocycles. The molecule has 0 spiro atoms. The van der Waals surface area contributed by atoms with Gasteiger partial charge in [-0.15, -0.1) is 11.3 Å². The van der Waals surface area contributed by atoms with Crippen molar-refractivity contribution in [1.82, 2.24) is 20.1 Å². The van der Waals surface area contributed by atoms with Crippen LogP contribution in [0.2, 0.25) is 0 Å². The van der Waals surface area contributed by atoms with Crippen molar-refractivity contribution in [2.45, 2.75) is 27.3 Å². The number of hydrogen-bond acceptors (Lipinski definition) is 5. The Morgan fingerprint density at radius 1 is 1.12 bits per heavy atom. The summed E-state index contributed by atoms with van der Waals surface area (Å²) in [6.45, 7) is 6.47. The first kappa shape index (κ1) is 18.0. The van der Waals surface area contributed by atoms with Gasteiger partial charge in [0.05, 0.1) is 22.1 Å². The minimum atomic E-state index is -0.197. The Balaban J connectivity index is 1.69. The predicted molar refractivity (Wildman–Crippen MR) is 103 cm³/mol. The molecule has 134 valence electrons. The van der Waals surface area contributed by atoms with Gasteiger partial charge in [-0.1, -0.05) is 17.7 Å². The van der Waals surface area contributed by atoms with Crippen molar-refractivity contribution in [2.75, 3.05) is 6.54 Å². The van der Waals surface area contributed by atoms with Crippen molar-refractivity contribution in [2.24, 2.45) is 0 Å². The number of carbonyl (C=O) groups is 1. The van der Waals surface area contributed by atoms with Crippen molar-refractivity contribution in [3.05, 3.63) is 68.6 Å². The summed E-state index contributed by atoms with van der Waals surface area (Å²) >= 11 is 1.55. The van der Waals surface area contributed by atoms with Crippen LogP contribution in [-0.2, 0) is 6.54 Å². The van der Waals surface area contributed by atoms with E-state index in [1.807, 2.05) is 32.9 Å². The number of thiazole rings is 1. The van der Waals surface area contributed by atoms with Crippen molar-refractivity contribution in [3.63, 3.8) is 0 Å². The first-order valence-corrected chi connectivity index (χ1v) is 9.13. The number of benzene rings is 1. The normalized spacial score (nSPS) is 10.7. The van der Waals surface area contributed by atoms with Gasteiger partial charge in [0.25, 0.3) is 11.5 Å². The fourth-order valence-electron chi connectivity index (χ4n) is 2.58. The van der Waals surface area contributed by atoms with E-state index in [1.165, 1.54) is 10.7 Å². The number of nitrogens with zero attached hydrogens (tertiary/aromatic N) is 3. The quantitative estimate of drug-likeness (QED) is 0.751. The van der Waals surface area contributed by atoms with Crippen LogP contribution in [0, 0.1) is 20.8 Å². The Bertz CT molecular complexity index is 990.